The van der Waals surface area contributed by atoms with Crippen LogP contribution in [0.3, 0.4) is 0 Å². The first-order valence-electron chi connectivity index (χ1n) is 5.80. The highest BCUT2D eigenvalue weighted by Crippen LogP contribution is 2.24. The molecule has 2 N–H and O–H groups in total. The normalized spacial score (nSPS) is 10.3. The van der Waals surface area contributed by atoms with Gasteiger partial charge in [-0.05, 0) is 38.0 Å². The Kier molecular flexibility index (Phi) is 4.47. The molecular weight excluding hydrogens is 184 g/mol. The maximum Gasteiger partial charge on any atom is 0.0416 e. The van der Waals surface area contributed by atoms with Gasteiger partial charge in [0.1, 0.15) is 0 Å². The van der Waals surface area contributed by atoms with E-state index in [1.54, 1.807) is 0 Å². The van der Waals surface area contributed by atoms with E-state index in [0.717, 1.165) is 18.8 Å². The summed E-state index contributed by atoms with van der Waals surface area (Å²) in [6.45, 7) is 8.68. The van der Waals surface area contributed by atoms with Gasteiger partial charge in [-0.3, -0.25) is 0 Å². The molecule has 0 aromatic heterocycles. The topological polar surface area (TPSA) is 29.3 Å². The molecule has 0 unspecified atom stereocenters. The van der Waals surface area contributed by atoms with E-state index < -0.39 is 0 Å². The summed E-state index contributed by atoms with van der Waals surface area (Å²) >= 11 is 0. The molecule has 0 saturated heterocycles. The van der Waals surface area contributed by atoms with Crippen LogP contribution in [0.25, 0.3) is 0 Å². The zero-order valence-corrected chi connectivity index (χ0v) is 10.1. The monoisotopic (exact) mass is 206 g/mol. The van der Waals surface area contributed by atoms with Crippen LogP contribution in [0.15, 0.2) is 18.2 Å². The lowest BCUT2D eigenvalue weighted by atomic mass is 10.1. The van der Waals surface area contributed by atoms with Gasteiger partial charge in [0.15, 0.2) is 0 Å². The summed E-state index contributed by atoms with van der Waals surface area (Å²) in [5.74, 6) is 0. The Morgan fingerprint density at radius 3 is 2.60 bits per heavy atom. The molecule has 0 bridgehead atoms. The van der Waals surface area contributed by atoms with Gasteiger partial charge in [-0.25, -0.2) is 0 Å². The van der Waals surface area contributed by atoms with Crippen molar-refractivity contribution in [1.29, 1.82) is 0 Å². The van der Waals surface area contributed by atoms with Crippen LogP contribution in [-0.4, -0.2) is 13.1 Å². The quantitative estimate of drug-likeness (QED) is 0.750. The maximum absolute atomic E-state index is 5.92. The Balaban J connectivity index is 2.86. The number of unbranched alkanes of at least 4 members (excludes halogenated alkanes) is 1. The van der Waals surface area contributed by atoms with Crippen LogP contribution in [0.4, 0.5) is 11.4 Å². The van der Waals surface area contributed by atoms with Crippen LogP contribution in [0.5, 0.6) is 0 Å². The second-order valence-corrected chi connectivity index (χ2v) is 3.92. The van der Waals surface area contributed by atoms with E-state index in [1.165, 1.54) is 24.1 Å². The molecule has 2 nitrogen and oxygen atoms in total. The van der Waals surface area contributed by atoms with Crippen molar-refractivity contribution in [3.63, 3.8) is 0 Å². The minimum atomic E-state index is 0.891. The third kappa shape index (κ3) is 2.88. The van der Waals surface area contributed by atoms with Crippen molar-refractivity contribution >= 4 is 11.4 Å². The van der Waals surface area contributed by atoms with Crippen LogP contribution >= 0.6 is 0 Å². The zero-order valence-electron chi connectivity index (χ0n) is 10.1. The predicted octanol–water partition coefficient (Wildman–Crippen LogP) is 3.20. The molecule has 0 amide bonds. The Labute approximate surface area is 93.1 Å². The molecule has 0 aliphatic heterocycles. The standard InChI is InChI=1S/C13H22N2/c1-4-6-10-15(5-2)13-9-7-8-12(14)11(13)3/h7-9H,4-6,10,14H2,1-3H3. The summed E-state index contributed by atoms with van der Waals surface area (Å²) in [5, 5.41) is 0. The third-order valence-electron chi connectivity index (χ3n) is 2.85. The molecule has 0 atom stereocenters. The molecule has 0 heterocycles. The molecule has 0 spiro atoms. The van der Waals surface area contributed by atoms with E-state index in [9.17, 15) is 0 Å². The number of hydrogen-bond acceptors (Lipinski definition) is 2. The number of rotatable bonds is 5. The van der Waals surface area contributed by atoms with Crippen LogP contribution in [-0.2, 0) is 0 Å². The minimum absolute atomic E-state index is 0.891. The minimum Gasteiger partial charge on any atom is -0.398 e. The molecule has 0 radical (unpaired) electrons. The third-order valence-corrected chi connectivity index (χ3v) is 2.85. The van der Waals surface area contributed by atoms with Crippen molar-refractivity contribution in [2.75, 3.05) is 23.7 Å². The van der Waals surface area contributed by atoms with Crippen molar-refractivity contribution in [1.82, 2.24) is 0 Å². The summed E-state index contributed by atoms with van der Waals surface area (Å²) in [4.78, 5) is 2.40. The Morgan fingerprint density at radius 2 is 2.00 bits per heavy atom. The van der Waals surface area contributed by atoms with Gasteiger partial charge in [-0.15, -0.1) is 0 Å². The van der Waals surface area contributed by atoms with Gasteiger partial charge in [-0.1, -0.05) is 19.4 Å². The van der Waals surface area contributed by atoms with E-state index >= 15 is 0 Å². The van der Waals surface area contributed by atoms with Crippen molar-refractivity contribution in [3.05, 3.63) is 23.8 Å². The smallest absolute Gasteiger partial charge is 0.0416 e. The molecule has 84 valence electrons. The highest BCUT2D eigenvalue weighted by atomic mass is 15.1. The number of nitrogens with two attached hydrogens (primary N) is 1. The van der Waals surface area contributed by atoms with Crippen LogP contribution in [0.1, 0.15) is 32.3 Å². The molecule has 0 fully saturated rings. The molecule has 15 heavy (non-hydrogen) atoms. The first-order valence-corrected chi connectivity index (χ1v) is 5.80. The van der Waals surface area contributed by atoms with Crippen molar-refractivity contribution in [3.8, 4) is 0 Å². The first kappa shape index (κ1) is 11.9. The van der Waals surface area contributed by atoms with Crippen LogP contribution < -0.4 is 10.6 Å². The van der Waals surface area contributed by atoms with E-state index in [-0.39, 0.29) is 0 Å². The summed E-state index contributed by atoms with van der Waals surface area (Å²) in [5.41, 5.74) is 9.29. The van der Waals surface area contributed by atoms with E-state index in [2.05, 4.69) is 31.7 Å². The van der Waals surface area contributed by atoms with Crippen molar-refractivity contribution in [2.24, 2.45) is 0 Å². The SMILES string of the molecule is CCCCN(CC)c1cccc(N)c1C. The number of nitrogens with zero attached hydrogens (tertiary/aromatic N) is 1. The fraction of sp³-hybridized carbons (Fsp3) is 0.538. The van der Waals surface area contributed by atoms with E-state index in [4.69, 9.17) is 5.73 Å². The second-order valence-electron chi connectivity index (χ2n) is 3.92. The fourth-order valence-corrected chi connectivity index (χ4v) is 1.78. The summed E-state index contributed by atoms with van der Waals surface area (Å²) in [6, 6.07) is 6.16. The van der Waals surface area contributed by atoms with Gasteiger partial charge in [0.05, 0.1) is 0 Å². The molecule has 0 saturated carbocycles. The molecule has 1 aromatic rings. The molecule has 0 aliphatic rings. The molecule has 0 aliphatic carbocycles. The van der Waals surface area contributed by atoms with Gasteiger partial charge >= 0.3 is 0 Å². The lowest BCUT2D eigenvalue weighted by molar-refractivity contribution is 0.731. The first-order chi connectivity index (χ1) is 7.20. The Morgan fingerprint density at radius 1 is 1.27 bits per heavy atom. The van der Waals surface area contributed by atoms with Gasteiger partial charge < -0.3 is 10.6 Å². The van der Waals surface area contributed by atoms with Gasteiger partial charge in [0.2, 0.25) is 0 Å². The highest BCUT2D eigenvalue weighted by Gasteiger charge is 2.07. The average Bonchev–Trinajstić information content (AvgIpc) is 2.25. The number of anilines is 2. The van der Waals surface area contributed by atoms with Crippen molar-refractivity contribution < 1.29 is 0 Å². The van der Waals surface area contributed by atoms with Crippen LogP contribution in [0, 0.1) is 6.92 Å². The van der Waals surface area contributed by atoms with E-state index in [1.807, 2.05) is 12.1 Å². The Bertz CT molecular complexity index is 307. The average molecular weight is 206 g/mol. The van der Waals surface area contributed by atoms with Crippen molar-refractivity contribution in [2.45, 2.75) is 33.6 Å². The lowest BCUT2D eigenvalue weighted by Crippen LogP contribution is -2.24. The summed E-state index contributed by atoms with van der Waals surface area (Å²) in [6.07, 6.45) is 2.47. The number of benzene rings is 1. The highest BCUT2D eigenvalue weighted by molar-refractivity contribution is 5.64. The number of hydrogen-bond donors (Lipinski definition) is 1. The van der Waals surface area contributed by atoms with Crippen LogP contribution in [0.2, 0.25) is 0 Å². The van der Waals surface area contributed by atoms with Gasteiger partial charge in [0, 0.05) is 24.5 Å². The van der Waals surface area contributed by atoms with Gasteiger partial charge in [0.25, 0.3) is 0 Å². The second kappa shape index (κ2) is 5.64. The number of nitrogen functional groups attached to an aromatic ring is 1. The predicted molar refractivity (Wildman–Crippen MR) is 68.4 cm³/mol. The molecule has 1 rings (SSSR count). The summed E-state index contributed by atoms with van der Waals surface area (Å²) < 4.78 is 0. The summed E-state index contributed by atoms with van der Waals surface area (Å²) in [7, 11) is 0. The van der Waals surface area contributed by atoms with Gasteiger partial charge in [-0.2, -0.15) is 0 Å². The largest absolute Gasteiger partial charge is 0.398 e. The Hall–Kier alpha value is -1.18. The lowest BCUT2D eigenvalue weighted by Gasteiger charge is -2.25. The fourth-order valence-electron chi connectivity index (χ4n) is 1.78. The van der Waals surface area contributed by atoms with E-state index in [0.29, 0.717) is 0 Å². The maximum atomic E-state index is 5.92. The zero-order chi connectivity index (χ0) is 11.3. The molecule has 2 heteroatoms. The molecule has 1 aromatic carbocycles. The molecular formula is C13H22N2.